The first-order valence-electron chi connectivity index (χ1n) is 6.09. The van der Waals surface area contributed by atoms with Gasteiger partial charge in [-0.15, -0.1) is 53.4 Å². The molecule has 0 fully saturated rings. The van der Waals surface area contributed by atoms with Gasteiger partial charge < -0.3 is 0 Å². The van der Waals surface area contributed by atoms with E-state index >= 15 is 0 Å². The van der Waals surface area contributed by atoms with Gasteiger partial charge in [-0.1, -0.05) is 48.4 Å². The SMILES string of the molecule is C1=CCC([C-](C2=CC=CC2)c2ccccc2)=C1.Cl.[Hf]. The van der Waals surface area contributed by atoms with Crippen molar-refractivity contribution in [1.82, 2.24) is 0 Å². The third kappa shape index (κ3) is 3.61. The summed E-state index contributed by atoms with van der Waals surface area (Å²) in [4.78, 5) is 0. The van der Waals surface area contributed by atoms with Crippen LogP contribution in [0.15, 0.2) is 77.9 Å². The molecule has 0 unspecified atom stereocenters. The zero-order chi connectivity index (χ0) is 11.5. The monoisotopic (exact) mass is 435 g/mol. The Bertz CT molecular complexity index is 493. The summed E-state index contributed by atoms with van der Waals surface area (Å²) in [5.74, 6) is 1.42. The molecule has 0 bridgehead atoms. The van der Waals surface area contributed by atoms with Crippen LogP contribution in [0.5, 0.6) is 0 Å². The molecule has 0 aliphatic heterocycles. The number of rotatable bonds is 3. The Morgan fingerprint density at radius 1 is 0.789 bits per heavy atom. The fourth-order valence-corrected chi connectivity index (χ4v) is 2.45. The van der Waals surface area contributed by atoms with Gasteiger partial charge in [0.05, 0.1) is 0 Å². The summed E-state index contributed by atoms with van der Waals surface area (Å²) in [5, 5.41) is 0. The smallest absolute Gasteiger partial charge is 0 e. The molecule has 0 saturated carbocycles. The van der Waals surface area contributed by atoms with Gasteiger partial charge in [-0.05, 0) is 12.8 Å². The van der Waals surface area contributed by atoms with E-state index in [2.05, 4.69) is 66.8 Å². The standard InChI is InChI=1S/C17H15.ClH.Hf/c1-2-8-14(9-3-1)17(15-10-4-5-11-15)16-12-6-7-13-16;;/h1-10,12H,11,13H2;1H;/q-1;;. The van der Waals surface area contributed by atoms with Crippen molar-refractivity contribution < 1.29 is 25.8 Å². The number of allylic oxidation sites excluding steroid dienone is 8. The van der Waals surface area contributed by atoms with Crippen molar-refractivity contribution in [1.29, 1.82) is 0 Å². The Labute approximate surface area is 140 Å². The fraction of sp³-hybridized carbons (Fsp3) is 0.118. The second kappa shape index (κ2) is 7.72. The van der Waals surface area contributed by atoms with E-state index < -0.39 is 0 Å². The summed E-state index contributed by atoms with van der Waals surface area (Å²) in [6, 6.07) is 10.7. The van der Waals surface area contributed by atoms with Crippen LogP contribution in [0.25, 0.3) is 0 Å². The number of hydrogen-bond donors (Lipinski definition) is 0. The summed E-state index contributed by atoms with van der Waals surface area (Å²) in [6.45, 7) is 0. The van der Waals surface area contributed by atoms with E-state index in [-0.39, 0.29) is 38.3 Å². The predicted octanol–water partition coefficient (Wildman–Crippen LogP) is 4.80. The molecule has 2 aliphatic carbocycles. The van der Waals surface area contributed by atoms with Crippen LogP contribution in [0, 0.1) is 5.92 Å². The minimum Gasteiger partial charge on any atom is -0.147 e. The number of hydrogen-bond acceptors (Lipinski definition) is 0. The second-order valence-corrected chi connectivity index (χ2v) is 4.39. The Morgan fingerprint density at radius 3 is 1.74 bits per heavy atom. The Kier molecular flexibility index (Phi) is 6.60. The van der Waals surface area contributed by atoms with Crippen LogP contribution in [-0.2, 0) is 25.8 Å². The molecule has 2 aliphatic rings. The molecule has 0 amide bonds. The predicted molar refractivity (Wildman–Crippen MR) is 79.7 cm³/mol. The number of halogens is 1. The first kappa shape index (κ1) is 16.3. The molecule has 1 aromatic rings. The molecule has 0 aromatic heterocycles. The molecule has 2 heteroatoms. The zero-order valence-corrected chi connectivity index (χ0v) is 15.1. The molecular formula is C17H16ClHf-. The molecule has 0 saturated heterocycles. The molecule has 3 rings (SSSR count). The van der Waals surface area contributed by atoms with E-state index in [1.54, 1.807) is 0 Å². The molecular weight excluding hydrogens is 418 g/mol. The van der Waals surface area contributed by atoms with Crippen LogP contribution in [0.2, 0.25) is 0 Å². The van der Waals surface area contributed by atoms with E-state index in [9.17, 15) is 0 Å². The Balaban J connectivity index is 0.000000902. The molecule has 0 N–H and O–H groups in total. The minimum absolute atomic E-state index is 0. The van der Waals surface area contributed by atoms with Crippen molar-refractivity contribution in [3.63, 3.8) is 0 Å². The maximum Gasteiger partial charge on any atom is 0 e. The largest absolute Gasteiger partial charge is 0.147 e. The van der Waals surface area contributed by atoms with Gasteiger partial charge in [-0.2, -0.15) is 0 Å². The Morgan fingerprint density at radius 2 is 1.32 bits per heavy atom. The minimum atomic E-state index is 0. The molecule has 96 valence electrons. The van der Waals surface area contributed by atoms with Gasteiger partial charge in [-0.25, -0.2) is 0 Å². The van der Waals surface area contributed by atoms with Gasteiger partial charge >= 0.3 is 0 Å². The van der Waals surface area contributed by atoms with E-state index in [1.807, 2.05) is 0 Å². The van der Waals surface area contributed by atoms with Crippen LogP contribution in [-0.4, -0.2) is 0 Å². The maximum absolute atomic E-state index is 2.24. The first-order valence-corrected chi connectivity index (χ1v) is 6.09. The van der Waals surface area contributed by atoms with Gasteiger partial charge in [0.25, 0.3) is 0 Å². The van der Waals surface area contributed by atoms with Gasteiger partial charge in [0.15, 0.2) is 0 Å². The Hall–Kier alpha value is -0.790. The first-order chi connectivity index (χ1) is 8.45. The van der Waals surface area contributed by atoms with Crippen molar-refractivity contribution in [2.24, 2.45) is 0 Å². The zero-order valence-electron chi connectivity index (χ0n) is 10.7. The molecule has 0 spiro atoms. The van der Waals surface area contributed by atoms with Gasteiger partial charge in [0.2, 0.25) is 0 Å². The third-order valence-electron chi connectivity index (χ3n) is 3.25. The van der Waals surface area contributed by atoms with Crippen LogP contribution < -0.4 is 0 Å². The van der Waals surface area contributed by atoms with E-state index in [4.69, 9.17) is 0 Å². The van der Waals surface area contributed by atoms with Crippen molar-refractivity contribution >= 4 is 12.4 Å². The number of benzene rings is 1. The van der Waals surface area contributed by atoms with E-state index in [1.165, 1.54) is 22.6 Å². The summed E-state index contributed by atoms with van der Waals surface area (Å²) in [6.07, 6.45) is 15.3. The van der Waals surface area contributed by atoms with Crippen LogP contribution >= 0.6 is 12.4 Å². The van der Waals surface area contributed by atoms with E-state index in [0.717, 1.165) is 12.8 Å². The summed E-state index contributed by atoms with van der Waals surface area (Å²) in [7, 11) is 0. The van der Waals surface area contributed by atoms with Crippen LogP contribution in [0.3, 0.4) is 0 Å². The van der Waals surface area contributed by atoms with Gasteiger partial charge in [-0.3, -0.25) is 0 Å². The molecule has 19 heavy (non-hydrogen) atoms. The van der Waals surface area contributed by atoms with Crippen LogP contribution in [0.4, 0.5) is 0 Å². The molecule has 0 nitrogen and oxygen atoms in total. The average Bonchev–Trinajstić information content (AvgIpc) is 3.04. The summed E-state index contributed by atoms with van der Waals surface area (Å²) < 4.78 is 0. The van der Waals surface area contributed by atoms with Crippen molar-refractivity contribution in [2.45, 2.75) is 12.8 Å². The van der Waals surface area contributed by atoms with Crippen molar-refractivity contribution in [3.05, 3.63) is 89.4 Å². The third-order valence-corrected chi connectivity index (χ3v) is 3.25. The topological polar surface area (TPSA) is 0 Å². The quantitative estimate of drug-likeness (QED) is 0.474. The molecule has 0 radical (unpaired) electrons. The molecule has 0 heterocycles. The van der Waals surface area contributed by atoms with Crippen LogP contribution in [0.1, 0.15) is 18.4 Å². The van der Waals surface area contributed by atoms with E-state index in [0.29, 0.717) is 0 Å². The normalized spacial score (nSPS) is 15.4. The summed E-state index contributed by atoms with van der Waals surface area (Å²) in [5.41, 5.74) is 4.20. The fourth-order valence-electron chi connectivity index (χ4n) is 2.45. The van der Waals surface area contributed by atoms with Crippen molar-refractivity contribution in [2.75, 3.05) is 0 Å². The maximum atomic E-state index is 2.24. The van der Waals surface area contributed by atoms with Crippen molar-refractivity contribution in [3.8, 4) is 0 Å². The summed E-state index contributed by atoms with van der Waals surface area (Å²) >= 11 is 0. The van der Waals surface area contributed by atoms with Gasteiger partial charge in [0, 0.05) is 25.8 Å². The molecule has 1 aromatic carbocycles. The second-order valence-electron chi connectivity index (χ2n) is 4.39. The molecule has 0 atom stereocenters. The average molecular weight is 434 g/mol. The van der Waals surface area contributed by atoms with Gasteiger partial charge in [0.1, 0.15) is 0 Å².